The molecule has 0 unspecified atom stereocenters. The van der Waals surface area contributed by atoms with Crippen LogP contribution in [0, 0.1) is 0 Å². The summed E-state index contributed by atoms with van der Waals surface area (Å²) in [5.41, 5.74) is 1.90. The fourth-order valence-electron chi connectivity index (χ4n) is 2.26. The molecule has 0 bridgehead atoms. The van der Waals surface area contributed by atoms with Crippen LogP contribution in [-0.4, -0.2) is 32.2 Å². The van der Waals surface area contributed by atoms with Crippen LogP contribution in [0.15, 0.2) is 36.5 Å². The fraction of sp³-hybridized carbons (Fsp3) is 0.250. The lowest BCUT2D eigenvalue weighted by molar-refractivity contribution is 0.0526. The van der Waals surface area contributed by atoms with E-state index in [4.69, 9.17) is 4.74 Å². The van der Waals surface area contributed by atoms with Crippen LogP contribution in [0.5, 0.6) is 0 Å². The number of carbonyl (C=O) groups is 1. The minimum Gasteiger partial charge on any atom is -0.462 e. The largest absolute Gasteiger partial charge is 0.462 e. The van der Waals surface area contributed by atoms with E-state index >= 15 is 0 Å². The molecule has 6 nitrogen and oxygen atoms in total. The Balaban J connectivity index is 2.29. The van der Waals surface area contributed by atoms with Crippen LogP contribution in [0.25, 0.3) is 17.0 Å². The molecule has 0 aliphatic heterocycles. The van der Waals surface area contributed by atoms with E-state index in [0.29, 0.717) is 35.9 Å². The molecule has 2 heterocycles. The molecule has 6 heteroatoms. The minimum absolute atomic E-state index is 0.308. The van der Waals surface area contributed by atoms with E-state index in [-0.39, 0.29) is 0 Å². The van der Waals surface area contributed by atoms with E-state index in [0.717, 1.165) is 5.56 Å². The van der Waals surface area contributed by atoms with Gasteiger partial charge in [-0.3, -0.25) is 0 Å². The van der Waals surface area contributed by atoms with Crippen molar-refractivity contribution in [2.75, 3.05) is 6.61 Å². The average Bonchev–Trinajstić information content (AvgIpc) is 2.98. The normalized spacial score (nSPS) is 10.8. The van der Waals surface area contributed by atoms with Crippen molar-refractivity contribution in [3.63, 3.8) is 0 Å². The molecule has 112 valence electrons. The standard InChI is InChI=1S/C16H16N4O2/c1-3-13-18-16-17-10-12(15(21)22-4-2)14(20(16)19-13)11-8-6-5-7-9-11/h5-10H,3-4H2,1-2H3. The Hall–Kier alpha value is -2.76. The number of aromatic nitrogens is 4. The third kappa shape index (κ3) is 2.43. The van der Waals surface area contributed by atoms with Crippen LogP contribution in [-0.2, 0) is 11.2 Å². The predicted molar refractivity (Wildman–Crippen MR) is 81.6 cm³/mol. The smallest absolute Gasteiger partial charge is 0.341 e. The molecule has 0 saturated heterocycles. The van der Waals surface area contributed by atoms with Gasteiger partial charge in [-0.25, -0.2) is 9.78 Å². The van der Waals surface area contributed by atoms with Gasteiger partial charge in [0.15, 0.2) is 5.82 Å². The van der Waals surface area contributed by atoms with Crippen molar-refractivity contribution >= 4 is 11.7 Å². The lowest BCUT2D eigenvalue weighted by Gasteiger charge is -2.09. The molecule has 0 aliphatic rings. The van der Waals surface area contributed by atoms with Crippen LogP contribution in [0.2, 0.25) is 0 Å². The Labute approximate surface area is 127 Å². The molecule has 0 radical (unpaired) electrons. The van der Waals surface area contributed by atoms with Crippen LogP contribution < -0.4 is 0 Å². The molecule has 22 heavy (non-hydrogen) atoms. The van der Waals surface area contributed by atoms with Crippen LogP contribution in [0.4, 0.5) is 0 Å². The lowest BCUT2D eigenvalue weighted by atomic mass is 10.1. The van der Waals surface area contributed by atoms with E-state index in [9.17, 15) is 4.79 Å². The second-order valence-electron chi connectivity index (χ2n) is 4.70. The summed E-state index contributed by atoms with van der Waals surface area (Å²) in [5.74, 6) is 0.749. The number of hydrogen-bond acceptors (Lipinski definition) is 5. The van der Waals surface area contributed by atoms with Crippen LogP contribution in [0.3, 0.4) is 0 Å². The highest BCUT2D eigenvalue weighted by molar-refractivity contribution is 5.96. The molecule has 0 atom stereocenters. The molecule has 3 rings (SSSR count). The van der Waals surface area contributed by atoms with Gasteiger partial charge in [0, 0.05) is 18.2 Å². The highest BCUT2D eigenvalue weighted by atomic mass is 16.5. The summed E-state index contributed by atoms with van der Waals surface area (Å²) < 4.78 is 6.74. The zero-order chi connectivity index (χ0) is 15.5. The van der Waals surface area contributed by atoms with E-state index in [1.807, 2.05) is 37.3 Å². The Morgan fingerprint density at radius 1 is 1.23 bits per heavy atom. The third-order valence-electron chi connectivity index (χ3n) is 3.27. The van der Waals surface area contributed by atoms with Crippen molar-refractivity contribution in [3.05, 3.63) is 47.9 Å². The summed E-state index contributed by atoms with van der Waals surface area (Å²) in [7, 11) is 0. The Bertz CT molecular complexity index is 812. The zero-order valence-electron chi connectivity index (χ0n) is 12.5. The number of rotatable bonds is 4. The first-order valence-electron chi connectivity index (χ1n) is 7.21. The van der Waals surface area contributed by atoms with Crippen molar-refractivity contribution < 1.29 is 9.53 Å². The summed E-state index contributed by atoms with van der Waals surface area (Å²) in [6.07, 6.45) is 2.20. The van der Waals surface area contributed by atoms with Gasteiger partial charge in [-0.1, -0.05) is 37.3 Å². The van der Waals surface area contributed by atoms with Crippen molar-refractivity contribution in [2.24, 2.45) is 0 Å². The SMILES string of the molecule is CCOC(=O)c1cnc2nc(CC)nn2c1-c1ccccc1. The maximum absolute atomic E-state index is 12.2. The van der Waals surface area contributed by atoms with Gasteiger partial charge in [-0.05, 0) is 6.92 Å². The van der Waals surface area contributed by atoms with E-state index < -0.39 is 5.97 Å². The lowest BCUT2D eigenvalue weighted by Crippen LogP contribution is -2.11. The summed E-state index contributed by atoms with van der Waals surface area (Å²) in [6.45, 7) is 4.06. The molecule has 0 N–H and O–H groups in total. The van der Waals surface area contributed by atoms with Gasteiger partial charge in [0.2, 0.25) is 0 Å². The number of hydrogen-bond donors (Lipinski definition) is 0. The first kappa shape index (κ1) is 14.2. The highest BCUT2D eigenvalue weighted by Gasteiger charge is 2.20. The number of aryl methyl sites for hydroxylation is 1. The molecule has 0 amide bonds. The fourth-order valence-corrected chi connectivity index (χ4v) is 2.26. The Morgan fingerprint density at radius 3 is 2.68 bits per heavy atom. The zero-order valence-corrected chi connectivity index (χ0v) is 12.5. The molecule has 0 fully saturated rings. The molecule has 0 spiro atoms. The number of fused-ring (bicyclic) bond motifs is 1. The molecular weight excluding hydrogens is 280 g/mol. The van der Waals surface area contributed by atoms with Gasteiger partial charge in [0.25, 0.3) is 5.78 Å². The van der Waals surface area contributed by atoms with Crippen molar-refractivity contribution in [3.8, 4) is 11.3 Å². The van der Waals surface area contributed by atoms with Crippen molar-refractivity contribution in [1.82, 2.24) is 19.6 Å². The number of benzene rings is 1. The molecule has 3 aromatic rings. The van der Waals surface area contributed by atoms with E-state index in [2.05, 4.69) is 15.1 Å². The molecule has 1 aromatic carbocycles. The predicted octanol–water partition coefficient (Wildman–Crippen LogP) is 2.53. The maximum atomic E-state index is 12.2. The number of esters is 1. The summed E-state index contributed by atoms with van der Waals surface area (Å²) >= 11 is 0. The monoisotopic (exact) mass is 296 g/mol. The molecular formula is C16H16N4O2. The van der Waals surface area contributed by atoms with E-state index in [1.54, 1.807) is 11.4 Å². The first-order valence-corrected chi connectivity index (χ1v) is 7.21. The van der Waals surface area contributed by atoms with Gasteiger partial charge < -0.3 is 4.74 Å². The second-order valence-corrected chi connectivity index (χ2v) is 4.70. The molecule has 2 aromatic heterocycles. The highest BCUT2D eigenvalue weighted by Crippen LogP contribution is 2.24. The Morgan fingerprint density at radius 2 is 2.00 bits per heavy atom. The van der Waals surface area contributed by atoms with Crippen molar-refractivity contribution in [1.29, 1.82) is 0 Å². The maximum Gasteiger partial charge on any atom is 0.341 e. The molecule has 0 saturated carbocycles. The summed E-state index contributed by atoms with van der Waals surface area (Å²) in [5, 5.41) is 4.45. The van der Waals surface area contributed by atoms with Gasteiger partial charge in [-0.2, -0.15) is 9.50 Å². The van der Waals surface area contributed by atoms with Gasteiger partial charge in [0.1, 0.15) is 5.56 Å². The number of nitrogens with zero attached hydrogens (tertiary/aromatic N) is 4. The van der Waals surface area contributed by atoms with Crippen LogP contribution >= 0.6 is 0 Å². The topological polar surface area (TPSA) is 69.4 Å². The summed E-state index contributed by atoms with van der Waals surface area (Å²) in [4.78, 5) is 20.8. The average molecular weight is 296 g/mol. The van der Waals surface area contributed by atoms with E-state index in [1.165, 1.54) is 6.20 Å². The van der Waals surface area contributed by atoms with Gasteiger partial charge in [-0.15, -0.1) is 5.10 Å². The quantitative estimate of drug-likeness (QED) is 0.692. The second kappa shape index (κ2) is 5.93. The van der Waals surface area contributed by atoms with Gasteiger partial charge in [0.05, 0.1) is 12.3 Å². The van der Waals surface area contributed by atoms with Gasteiger partial charge >= 0.3 is 5.97 Å². The number of ether oxygens (including phenoxy) is 1. The number of carbonyl (C=O) groups excluding carboxylic acids is 1. The van der Waals surface area contributed by atoms with Crippen molar-refractivity contribution in [2.45, 2.75) is 20.3 Å². The first-order chi connectivity index (χ1) is 10.7. The summed E-state index contributed by atoms with van der Waals surface area (Å²) in [6, 6.07) is 9.59. The Kier molecular flexibility index (Phi) is 3.82. The van der Waals surface area contributed by atoms with Crippen LogP contribution in [0.1, 0.15) is 30.0 Å². The molecule has 0 aliphatic carbocycles. The third-order valence-corrected chi connectivity index (χ3v) is 3.27. The minimum atomic E-state index is -0.413.